The Morgan fingerprint density at radius 2 is 1.93 bits per heavy atom. The van der Waals surface area contributed by atoms with Crippen molar-refractivity contribution in [3.05, 3.63) is 53.4 Å². The summed E-state index contributed by atoms with van der Waals surface area (Å²) < 4.78 is 5.40. The first-order valence-corrected chi connectivity index (χ1v) is 9.86. The van der Waals surface area contributed by atoms with E-state index in [1.54, 1.807) is 11.0 Å². The highest BCUT2D eigenvalue weighted by Gasteiger charge is 2.28. The second kappa shape index (κ2) is 8.23. The molecular formula is C21H27N3O3. The van der Waals surface area contributed by atoms with E-state index in [1.165, 1.54) is 18.4 Å². The molecule has 1 atom stereocenters. The molecule has 1 N–H and O–H groups in total. The van der Waals surface area contributed by atoms with Crippen LogP contribution in [0.1, 0.15) is 41.1 Å². The third kappa shape index (κ3) is 4.57. The van der Waals surface area contributed by atoms with Gasteiger partial charge in [0.25, 0.3) is 5.91 Å². The summed E-state index contributed by atoms with van der Waals surface area (Å²) in [6.45, 7) is 3.74. The summed E-state index contributed by atoms with van der Waals surface area (Å²) >= 11 is 0. The number of benzene rings is 1. The van der Waals surface area contributed by atoms with Gasteiger partial charge in [-0.3, -0.25) is 9.69 Å². The van der Waals surface area contributed by atoms with Crippen molar-refractivity contribution in [3.63, 3.8) is 0 Å². The van der Waals surface area contributed by atoms with Gasteiger partial charge < -0.3 is 14.5 Å². The number of likely N-dealkylation sites (tertiary alicyclic amines) is 2. The Bertz CT molecular complexity index is 753. The first-order valence-electron chi connectivity index (χ1n) is 9.86. The van der Waals surface area contributed by atoms with E-state index in [4.69, 9.17) is 4.52 Å². The molecule has 144 valence electrons. The molecular weight excluding hydrogens is 342 g/mol. The SMILES string of the molecule is O=C(c1cc(CN2CCC(Cc3ccccc3)CC2)on1)N1CC[C@H](O)C1. The lowest BCUT2D eigenvalue weighted by atomic mass is 9.90. The minimum absolute atomic E-state index is 0.150. The van der Waals surface area contributed by atoms with E-state index < -0.39 is 6.10 Å². The van der Waals surface area contributed by atoms with Crippen molar-refractivity contribution < 1.29 is 14.4 Å². The zero-order chi connectivity index (χ0) is 18.6. The minimum atomic E-state index is -0.419. The van der Waals surface area contributed by atoms with Gasteiger partial charge in [-0.05, 0) is 50.3 Å². The number of piperidine rings is 1. The third-order valence-electron chi connectivity index (χ3n) is 5.68. The van der Waals surface area contributed by atoms with Gasteiger partial charge in [-0.25, -0.2) is 0 Å². The molecule has 2 aliphatic rings. The highest BCUT2D eigenvalue weighted by atomic mass is 16.5. The summed E-state index contributed by atoms with van der Waals surface area (Å²) in [6.07, 6.45) is 3.73. The van der Waals surface area contributed by atoms with E-state index in [1.807, 2.05) is 0 Å². The molecule has 6 heteroatoms. The summed E-state index contributed by atoms with van der Waals surface area (Å²) in [5, 5.41) is 13.5. The highest BCUT2D eigenvalue weighted by Crippen LogP contribution is 2.23. The number of β-amino-alcohol motifs (C(OH)–C–C–N with tert-alkyl or cyclic N) is 1. The topological polar surface area (TPSA) is 69.8 Å². The van der Waals surface area contributed by atoms with Crippen LogP contribution in [0, 0.1) is 5.92 Å². The Labute approximate surface area is 159 Å². The van der Waals surface area contributed by atoms with E-state index in [9.17, 15) is 9.90 Å². The number of carbonyl (C=O) groups is 1. The molecule has 0 spiro atoms. The number of aliphatic hydroxyl groups is 1. The van der Waals surface area contributed by atoms with E-state index >= 15 is 0 Å². The number of rotatable bonds is 5. The number of aromatic nitrogens is 1. The van der Waals surface area contributed by atoms with Crippen LogP contribution in [0.15, 0.2) is 40.9 Å². The molecule has 0 aliphatic carbocycles. The molecule has 27 heavy (non-hydrogen) atoms. The smallest absolute Gasteiger partial charge is 0.276 e. The number of hydrogen-bond donors (Lipinski definition) is 1. The normalized spacial score (nSPS) is 21.7. The van der Waals surface area contributed by atoms with E-state index in [2.05, 4.69) is 40.4 Å². The first-order chi connectivity index (χ1) is 13.2. The number of aliphatic hydroxyl groups excluding tert-OH is 1. The lowest BCUT2D eigenvalue weighted by molar-refractivity contribution is 0.0754. The van der Waals surface area contributed by atoms with Gasteiger partial charge in [0.1, 0.15) is 0 Å². The minimum Gasteiger partial charge on any atom is -0.391 e. The molecule has 1 aromatic heterocycles. The van der Waals surface area contributed by atoms with Gasteiger partial charge in [0.15, 0.2) is 11.5 Å². The Morgan fingerprint density at radius 1 is 1.15 bits per heavy atom. The predicted molar refractivity (Wildman–Crippen MR) is 101 cm³/mol. The summed E-state index contributed by atoms with van der Waals surface area (Å²) in [4.78, 5) is 16.4. The maximum Gasteiger partial charge on any atom is 0.276 e. The standard InChI is InChI=1S/C21H27N3O3/c25-18-8-11-24(14-18)21(26)20-13-19(27-22-20)15-23-9-6-17(7-10-23)12-16-4-2-1-3-5-16/h1-5,13,17-18,25H,6-12,14-15H2/t18-/m0/s1. The van der Waals surface area contributed by atoms with Gasteiger partial charge in [0.05, 0.1) is 12.6 Å². The second-order valence-corrected chi connectivity index (χ2v) is 7.78. The van der Waals surface area contributed by atoms with Gasteiger partial charge in [0, 0.05) is 19.2 Å². The molecule has 2 saturated heterocycles. The molecule has 0 saturated carbocycles. The number of hydrogen-bond acceptors (Lipinski definition) is 5. The maximum atomic E-state index is 12.4. The fraction of sp³-hybridized carbons (Fsp3) is 0.524. The van der Waals surface area contributed by atoms with Crippen LogP contribution in [-0.2, 0) is 13.0 Å². The maximum absolute atomic E-state index is 12.4. The second-order valence-electron chi connectivity index (χ2n) is 7.78. The fourth-order valence-electron chi connectivity index (χ4n) is 4.09. The lowest BCUT2D eigenvalue weighted by Crippen LogP contribution is -2.33. The monoisotopic (exact) mass is 369 g/mol. The van der Waals surface area contributed by atoms with Crippen LogP contribution >= 0.6 is 0 Å². The van der Waals surface area contributed by atoms with Crippen LogP contribution in [0.2, 0.25) is 0 Å². The largest absolute Gasteiger partial charge is 0.391 e. The lowest BCUT2D eigenvalue weighted by Gasteiger charge is -2.31. The first kappa shape index (κ1) is 18.2. The average molecular weight is 369 g/mol. The van der Waals surface area contributed by atoms with Gasteiger partial charge in [0.2, 0.25) is 0 Å². The fourth-order valence-corrected chi connectivity index (χ4v) is 4.09. The van der Waals surface area contributed by atoms with Crippen molar-refractivity contribution in [1.29, 1.82) is 0 Å². The average Bonchev–Trinajstić information content (AvgIpc) is 3.33. The molecule has 1 aromatic carbocycles. The number of carbonyl (C=O) groups excluding carboxylic acids is 1. The van der Waals surface area contributed by atoms with Crippen LogP contribution in [0.3, 0.4) is 0 Å². The van der Waals surface area contributed by atoms with Crippen molar-refractivity contribution in [1.82, 2.24) is 15.0 Å². The molecule has 0 radical (unpaired) electrons. The molecule has 3 heterocycles. The molecule has 2 aliphatic heterocycles. The van der Waals surface area contributed by atoms with Crippen LogP contribution in [0.5, 0.6) is 0 Å². The van der Waals surface area contributed by atoms with Crippen molar-refractivity contribution in [2.45, 2.75) is 38.3 Å². The summed E-state index contributed by atoms with van der Waals surface area (Å²) in [6, 6.07) is 12.4. The van der Waals surface area contributed by atoms with Crippen LogP contribution < -0.4 is 0 Å². The summed E-state index contributed by atoms with van der Waals surface area (Å²) in [5.74, 6) is 1.32. The van der Waals surface area contributed by atoms with Crippen molar-refractivity contribution in [3.8, 4) is 0 Å². The molecule has 6 nitrogen and oxygen atoms in total. The van der Waals surface area contributed by atoms with Gasteiger partial charge in [-0.2, -0.15) is 0 Å². The van der Waals surface area contributed by atoms with Gasteiger partial charge in [-0.1, -0.05) is 35.5 Å². The molecule has 0 unspecified atom stereocenters. The predicted octanol–water partition coefficient (Wildman–Crippen LogP) is 2.34. The quantitative estimate of drug-likeness (QED) is 0.876. The van der Waals surface area contributed by atoms with Crippen LogP contribution in [0.25, 0.3) is 0 Å². The Kier molecular flexibility index (Phi) is 5.55. The summed E-state index contributed by atoms with van der Waals surface area (Å²) in [7, 11) is 0. The molecule has 4 rings (SSSR count). The Hall–Kier alpha value is -2.18. The highest BCUT2D eigenvalue weighted by molar-refractivity contribution is 5.92. The van der Waals surface area contributed by atoms with E-state index in [0.29, 0.717) is 31.7 Å². The summed E-state index contributed by atoms with van der Waals surface area (Å²) in [5.41, 5.74) is 1.76. The van der Waals surface area contributed by atoms with Crippen molar-refractivity contribution in [2.75, 3.05) is 26.2 Å². The van der Waals surface area contributed by atoms with Crippen LogP contribution in [-0.4, -0.2) is 58.3 Å². The Balaban J connectivity index is 1.26. The number of amides is 1. The van der Waals surface area contributed by atoms with Crippen molar-refractivity contribution >= 4 is 5.91 Å². The third-order valence-corrected chi connectivity index (χ3v) is 5.68. The van der Waals surface area contributed by atoms with Gasteiger partial charge in [-0.15, -0.1) is 0 Å². The van der Waals surface area contributed by atoms with E-state index in [-0.39, 0.29) is 5.91 Å². The molecule has 2 fully saturated rings. The Morgan fingerprint density at radius 3 is 2.63 bits per heavy atom. The molecule has 2 aromatic rings. The molecule has 1 amide bonds. The van der Waals surface area contributed by atoms with Gasteiger partial charge >= 0.3 is 0 Å². The van der Waals surface area contributed by atoms with Crippen LogP contribution in [0.4, 0.5) is 0 Å². The number of nitrogens with zero attached hydrogens (tertiary/aromatic N) is 3. The molecule has 0 bridgehead atoms. The zero-order valence-electron chi connectivity index (χ0n) is 15.6. The van der Waals surface area contributed by atoms with E-state index in [0.717, 1.165) is 31.2 Å². The zero-order valence-corrected chi connectivity index (χ0v) is 15.6. The van der Waals surface area contributed by atoms with Crippen molar-refractivity contribution in [2.24, 2.45) is 5.92 Å².